The molecule has 1 rings (SSSR count). The summed E-state index contributed by atoms with van der Waals surface area (Å²) in [5, 5.41) is 0. The van der Waals surface area contributed by atoms with Gasteiger partial charge in [0.25, 0.3) is 0 Å². The first-order valence-electron chi connectivity index (χ1n) is 6.63. The van der Waals surface area contributed by atoms with Gasteiger partial charge in [0.05, 0.1) is 12.1 Å². The van der Waals surface area contributed by atoms with Crippen molar-refractivity contribution in [2.24, 2.45) is 11.7 Å². The van der Waals surface area contributed by atoms with Crippen molar-refractivity contribution in [1.29, 1.82) is 0 Å². The first kappa shape index (κ1) is 15.9. The third-order valence-electron chi connectivity index (χ3n) is 3.84. The second-order valence-electron chi connectivity index (χ2n) is 5.30. The van der Waals surface area contributed by atoms with Crippen LogP contribution < -0.4 is 5.73 Å². The summed E-state index contributed by atoms with van der Waals surface area (Å²) in [5.41, 5.74) is 5.54. The number of methoxy groups -OCH3 is 2. The van der Waals surface area contributed by atoms with E-state index in [-0.39, 0.29) is 11.8 Å². The number of hydrogen-bond donors (Lipinski definition) is 1. The molecule has 18 heavy (non-hydrogen) atoms. The molecule has 1 aliphatic carbocycles. The highest BCUT2D eigenvalue weighted by Crippen LogP contribution is 2.28. The van der Waals surface area contributed by atoms with Gasteiger partial charge in [0.15, 0.2) is 6.29 Å². The van der Waals surface area contributed by atoms with E-state index in [9.17, 15) is 0 Å². The van der Waals surface area contributed by atoms with Crippen LogP contribution in [0.4, 0.5) is 0 Å². The Bertz CT molecular complexity index is 232. The number of ether oxygens (including phenoxy) is 3. The Morgan fingerprint density at radius 2 is 1.94 bits per heavy atom. The molecule has 5 nitrogen and oxygen atoms in total. The van der Waals surface area contributed by atoms with Crippen LogP contribution in [-0.4, -0.2) is 64.3 Å². The Kier molecular flexibility index (Phi) is 6.52. The average Bonchev–Trinajstić information content (AvgIpc) is 3.19. The molecular weight excluding hydrogens is 232 g/mol. The molecule has 108 valence electrons. The molecule has 1 atom stereocenters. The standard InChI is InChI=1S/C13H28N2O3/c1-13(10-14,12(16-3)17-4)15(2)7-8-18-9-11-5-6-11/h11-12H,5-10,14H2,1-4H3. The largest absolute Gasteiger partial charge is 0.380 e. The fraction of sp³-hybridized carbons (Fsp3) is 1.00. The summed E-state index contributed by atoms with van der Waals surface area (Å²) in [5.74, 6) is 0.807. The van der Waals surface area contributed by atoms with Gasteiger partial charge >= 0.3 is 0 Å². The Morgan fingerprint density at radius 1 is 1.33 bits per heavy atom. The molecule has 1 fully saturated rings. The molecule has 5 heteroatoms. The van der Waals surface area contributed by atoms with Crippen LogP contribution >= 0.6 is 0 Å². The summed E-state index contributed by atoms with van der Waals surface area (Å²) in [6.45, 7) is 4.96. The summed E-state index contributed by atoms with van der Waals surface area (Å²) in [7, 11) is 5.30. The van der Waals surface area contributed by atoms with Crippen molar-refractivity contribution in [2.45, 2.75) is 31.6 Å². The Balaban J connectivity index is 2.35. The lowest BCUT2D eigenvalue weighted by Gasteiger charge is -2.42. The van der Waals surface area contributed by atoms with Gasteiger partial charge in [-0.2, -0.15) is 0 Å². The number of nitrogens with two attached hydrogens (primary N) is 1. The maximum absolute atomic E-state index is 5.88. The van der Waals surface area contributed by atoms with Crippen molar-refractivity contribution in [1.82, 2.24) is 4.90 Å². The van der Waals surface area contributed by atoms with E-state index < -0.39 is 0 Å². The zero-order chi connectivity index (χ0) is 13.6. The van der Waals surface area contributed by atoms with E-state index in [0.29, 0.717) is 6.54 Å². The van der Waals surface area contributed by atoms with Crippen LogP contribution in [0.2, 0.25) is 0 Å². The van der Waals surface area contributed by atoms with Crippen LogP contribution in [0, 0.1) is 5.92 Å². The molecule has 0 aliphatic heterocycles. The van der Waals surface area contributed by atoms with Gasteiger partial charge in [-0.05, 0) is 32.7 Å². The van der Waals surface area contributed by atoms with Gasteiger partial charge < -0.3 is 19.9 Å². The molecule has 1 aliphatic rings. The Labute approximate surface area is 111 Å². The van der Waals surface area contributed by atoms with Gasteiger partial charge in [-0.3, -0.25) is 4.90 Å². The fourth-order valence-corrected chi connectivity index (χ4v) is 2.03. The molecule has 0 bridgehead atoms. The Morgan fingerprint density at radius 3 is 2.39 bits per heavy atom. The second kappa shape index (κ2) is 7.40. The monoisotopic (exact) mass is 260 g/mol. The molecule has 0 aromatic carbocycles. The lowest BCUT2D eigenvalue weighted by Crippen LogP contribution is -2.59. The predicted octanol–water partition coefficient (Wildman–Crippen LogP) is 0.681. The summed E-state index contributed by atoms with van der Waals surface area (Å²) in [6.07, 6.45) is 2.31. The third kappa shape index (κ3) is 4.17. The molecular formula is C13H28N2O3. The molecule has 1 saturated carbocycles. The maximum Gasteiger partial charge on any atom is 0.176 e. The van der Waals surface area contributed by atoms with Crippen LogP contribution in [0.5, 0.6) is 0 Å². The van der Waals surface area contributed by atoms with E-state index in [1.165, 1.54) is 12.8 Å². The highest BCUT2D eigenvalue weighted by atomic mass is 16.7. The Hall–Kier alpha value is -0.200. The van der Waals surface area contributed by atoms with E-state index in [4.69, 9.17) is 19.9 Å². The van der Waals surface area contributed by atoms with Crippen molar-refractivity contribution >= 4 is 0 Å². The van der Waals surface area contributed by atoms with Crippen LogP contribution in [-0.2, 0) is 14.2 Å². The van der Waals surface area contributed by atoms with Crippen LogP contribution in [0.3, 0.4) is 0 Å². The van der Waals surface area contributed by atoms with Crippen molar-refractivity contribution in [3.8, 4) is 0 Å². The average molecular weight is 260 g/mol. The zero-order valence-electron chi connectivity index (χ0n) is 12.1. The van der Waals surface area contributed by atoms with Crippen LogP contribution in [0.15, 0.2) is 0 Å². The SMILES string of the molecule is COC(OC)C(C)(CN)N(C)CCOCC1CC1. The van der Waals surface area contributed by atoms with Gasteiger partial charge in [0.2, 0.25) is 0 Å². The molecule has 1 unspecified atom stereocenters. The normalized spacial score (nSPS) is 19.5. The molecule has 0 aromatic rings. The third-order valence-corrected chi connectivity index (χ3v) is 3.84. The summed E-state index contributed by atoms with van der Waals surface area (Å²) in [4.78, 5) is 2.15. The predicted molar refractivity (Wildman–Crippen MR) is 71.4 cm³/mol. The smallest absolute Gasteiger partial charge is 0.176 e. The summed E-state index contributed by atoms with van der Waals surface area (Å²) in [6, 6.07) is 0. The molecule has 0 amide bonds. The first-order valence-corrected chi connectivity index (χ1v) is 6.63. The summed E-state index contributed by atoms with van der Waals surface area (Å²) >= 11 is 0. The maximum atomic E-state index is 5.88. The molecule has 0 saturated heterocycles. The van der Waals surface area contributed by atoms with Gasteiger partial charge in [-0.1, -0.05) is 0 Å². The van der Waals surface area contributed by atoms with Gasteiger partial charge in [0.1, 0.15) is 0 Å². The fourth-order valence-electron chi connectivity index (χ4n) is 2.03. The van der Waals surface area contributed by atoms with Crippen LogP contribution in [0.25, 0.3) is 0 Å². The van der Waals surface area contributed by atoms with Crippen molar-refractivity contribution < 1.29 is 14.2 Å². The van der Waals surface area contributed by atoms with Gasteiger partial charge in [0, 0.05) is 33.9 Å². The highest BCUT2D eigenvalue weighted by Gasteiger charge is 2.37. The summed E-state index contributed by atoms with van der Waals surface area (Å²) < 4.78 is 16.3. The molecule has 0 spiro atoms. The van der Waals surface area contributed by atoms with Crippen molar-refractivity contribution in [3.05, 3.63) is 0 Å². The van der Waals surface area contributed by atoms with Gasteiger partial charge in [-0.15, -0.1) is 0 Å². The minimum absolute atomic E-state index is 0.337. The molecule has 0 heterocycles. The minimum atomic E-state index is -0.341. The van der Waals surface area contributed by atoms with E-state index >= 15 is 0 Å². The van der Waals surface area contributed by atoms with Crippen LogP contribution in [0.1, 0.15) is 19.8 Å². The van der Waals surface area contributed by atoms with E-state index in [2.05, 4.69) is 4.90 Å². The number of rotatable bonds is 10. The quantitative estimate of drug-likeness (QED) is 0.462. The van der Waals surface area contributed by atoms with E-state index in [0.717, 1.165) is 25.7 Å². The topological polar surface area (TPSA) is 57.0 Å². The molecule has 0 radical (unpaired) electrons. The highest BCUT2D eigenvalue weighted by molar-refractivity contribution is 4.89. The second-order valence-corrected chi connectivity index (χ2v) is 5.30. The minimum Gasteiger partial charge on any atom is -0.380 e. The molecule has 0 aromatic heterocycles. The van der Waals surface area contributed by atoms with Gasteiger partial charge in [-0.25, -0.2) is 0 Å². The van der Waals surface area contributed by atoms with Crippen molar-refractivity contribution in [2.75, 3.05) is 47.6 Å². The number of likely N-dealkylation sites (N-methyl/N-ethyl adjacent to an activating group) is 1. The number of nitrogens with zero attached hydrogens (tertiary/aromatic N) is 1. The first-order chi connectivity index (χ1) is 8.58. The van der Waals surface area contributed by atoms with E-state index in [1.54, 1.807) is 14.2 Å². The molecule has 2 N–H and O–H groups in total. The lowest BCUT2D eigenvalue weighted by molar-refractivity contribution is -0.178. The van der Waals surface area contributed by atoms with Crippen molar-refractivity contribution in [3.63, 3.8) is 0 Å². The lowest BCUT2D eigenvalue weighted by atomic mass is 9.99. The van der Waals surface area contributed by atoms with E-state index in [1.807, 2.05) is 14.0 Å². The zero-order valence-corrected chi connectivity index (χ0v) is 12.1. The number of hydrogen-bond acceptors (Lipinski definition) is 5.